The van der Waals surface area contributed by atoms with Gasteiger partial charge in [-0.15, -0.1) is 0 Å². The van der Waals surface area contributed by atoms with Crippen LogP contribution in [0.15, 0.2) is 35.5 Å². The number of fused-ring (bicyclic) bond motifs is 1. The van der Waals surface area contributed by atoms with Gasteiger partial charge in [-0.05, 0) is 38.0 Å². The molecule has 0 aliphatic heterocycles. The Morgan fingerprint density at radius 2 is 2.20 bits per heavy atom. The van der Waals surface area contributed by atoms with Gasteiger partial charge >= 0.3 is 5.97 Å². The van der Waals surface area contributed by atoms with Crippen molar-refractivity contribution in [3.63, 3.8) is 0 Å². The van der Waals surface area contributed by atoms with Gasteiger partial charge in [0.05, 0.1) is 18.7 Å². The SMILES string of the molecule is CCC(C)N=c1c2cnn(C(C)(C(=O)O)c3cccc(OC)c3)c2nc(N)n1NC. The van der Waals surface area contributed by atoms with Crippen molar-refractivity contribution in [2.45, 2.75) is 38.8 Å². The number of carbonyl (C=O) groups is 1. The van der Waals surface area contributed by atoms with E-state index in [-0.39, 0.29) is 12.0 Å². The maximum atomic E-state index is 12.5. The van der Waals surface area contributed by atoms with Crippen molar-refractivity contribution < 1.29 is 14.6 Å². The maximum Gasteiger partial charge on any atom is 0.336 e. The fourth-order valence-electron chi connectivity index (χ4n) is 3.23. The lowest BCUT2D eigenvalue weighted by Crippen LogP contribution is -2.41. The lowest BCUT2D eigenvalue weighted by Gasteiger charge is -2.27. The van der Waals surface area contributed by atoms with Crippen LogP contribution in [0.2, 0.25) is 0 Å². The Morgan fingerprint density at radius 3 is 2.80 bits per heavy atom. The average Bonchev–Trinajstić information content (AvgIpc) is 3.16. The van der Waals surface area contributed by atoms with Crippen LogP contribution in [0.3, 0.4) is 0 Å². The normalized spacial score (nSPS) is 15.0. The van der Waals surface area contributed by atoms with E-state index in [4.69, 9.17) is 15.5 Å². The Kier molecular flexibility index (Phi) is 5.68. The van der Waals surface area contributed by atoms with Crippen LogP contribution in [0.5, 0.6) is 5.75 Å². The van der Waals surface area contributed by atoms with Gasteiger partial charge in [0.25, 0.3) is 0 Å². The summed E-state index contributed by atoms with van der Waals surface area (Å²) >= 11 is 0. The van der Waals surface area contributed by atoms with Gasteiger partial charge < -0.3 is 21.0 Å². The number of nitrogen functional groups attached to an aromatic ring is 1. The molecule has 2 aromatic heterocycles. The topological polar surface area (TPSA) is 133 Å². The summed E-state index contributed by atoms with van der Waals surface area (Å²) < 4.78 is 8.20. The number of carboxylic acid groups (broad SMARTS) is 1. The number of nitrogens with one attached hydrogen (secondary N) is 1. The summed E-state index contributed by atoms with van der Waals surface area (Å²) in [4.78, 5) is 21.7. The van der Waals surface area contributed by atoms with Crippen molar-refractivity contribution in [2.24, 2.45) is 4.99 Å². The molecule has 10 nitrogen and oxygen atoms in total. The van der Waals surface area contributed by atoms with Gasteiger partial charge in [0.1, 0.15) is 5.75 Å². The molecule has 0 saturated heterocycles. The monoisotopic (exact) mass is 413 g/mol. The van der Waals surface area contributed by atoms with Gasteiger partial charge in [0, 0.05) is 13.1 Å². The average molecular weight is 413 g/mol. The van der Waals surface area contributed by atoms with E-state index >= 15 is 0 Å². The minimum Gasteiger partial charge on any atom is -0.497 e. The number of nitrogens with zero attached hydrogens (tertiary/aromatic N) is 5. The van der Waals surface area contributed by atoms with Gasteiger partial charge in [0.15, 0.2) is 16.7 Å². The second-order valence-electron chi connectivity index (χ2n) is 7.14. The third-order valence-corrected chi connectivity index (χ3v) is 5.28. The first-order valence-corrected chi connectivity index (χ1v) is 9.64. The Morgan fingerprint density at radius 1 is 1.47 bits per heavy atom. The number of aliphatic carboxylic acids is 1. The number of anilines is 1. The number of benzene rings is 1. The number of hydrogen-bond donors (Lipinski definition) is 3. The quantitative estimate of drug-likeness (QED) is 0.535. The first-order valence-electron chi connectivity index (χ1n) is 9.64. The van der Waals surface area contributed by atoms with E-state index < -0.39 is 11.5 Å². The molecule has 30 heavy (non-hydrogen) atoms. The number of hydrogen-bond acceptors (Lipinski definition) is 7. The number of ether oxygens (including phenoxy) is 1. The summed E-state index contributed by atoms with van der Waals surface area (Å²) in [5.74, 6) is -0.400. The highest BCUT2D eigenvalue weighted by molar-refractivity contribution is 5.84. The standard InChI is InChI=1S/C20H27N7O3/c1-6-12(2)24-16-15-11-23-27(17(15)25-19(21)26(16)22-4)20(3,18(28)29)13-8-7-9-14(10-13)30-5/h7-12,22H,6H2,1-5H3,(H2,21,25)(H,28,29). The minimum atomic E-state index is -1.55. The lowest BCUT2D eigenvalue weighted by molar-refractivity contribution is -0.144. The molecule has 0 bridgehead atoms. The zero-order valence-electron chi connectivity index (χ0n) is 17.7. The van der Waals surface area contributed by atoms with E-state index in [1.165, 1.54) is 11.8 Å². The summed E-state index contributed by atoms with van der Waals surface area (Å²) in [6.45, 7) is 5.59. The van der Waals surface area contributed by atoms with Gasteiger partial charge in [0.2, 0.25) is 5.95 Å². The Labute approximate surface area is 174 Å². The smallest absolute Gasteiger partial charge is 0.336 e. The first kappa shape index (κ1) is 21.2. The highest BCUT2D eigenvalue weighted by Crippen LogP contribution is 2.31. The fraction of sp³-hybridized carbons (Fsp3) is 0.400. The largest absolute Gasteiger partial charge is 0.497 e. The maximum absolute atomic E-state index is 12.5. The van der Waals surface area contributed by atoms with Crippen LogP contribution in [-0.4, -0.2) is 50.7 Å². The molecular formula is C20H27N7O3. The lowest BCUT2D eigenvalue weighted by atomic mass is 9.92. The van der Waals surface area contributed by atoms with Crippen molar-refractivity contribution in [3.8, 4) is 5.75 Å². The van der Waals surface area contributed by atoms with E-state index in [9.17, 15) is 9.90 Å². The molecule has 2 heterocycles. The molecule has 2 atom stereocenters. The molecule has 0 saturated carbocycles. The number of rotatable bonds is 7. The molecule has 0 aliphatic carbocycles. The van der Waals surface area contributed by atoms with E-state index in [1.54, 1.807) is 49.1 Å². The third-order valence-electron chi connectivity index (χ3n) is 5.28. The van der Waals surface area contributed by atoms with Crippen LogP contribution in [0, 0.1) is 0 Å². The van der Waals surface area contributed by atoms with Crippen LogP contribution in [0.1, 0.15) is 32.8 Å². The number of aromatic nitrogens is 4. The van der Waals surface area contributed by atoms with Crippen LogP contribution >= 0.6 is 0 Å². The molecular weight excluding hydrogens is 386 g/mol. The summed E-state index contributed by atoms with van der Waals surface area (Å²) in [5, 5.41) is 15.2. The van der Waals surface area contributed by atoms with Crippen molar-refractivity contribution in [1.82, 2.24) is 19.4 Å². The third kappa shape index (κ3) is 3.34. The molecule has 2 unspecified atom stereocenters. The summed E-state index contributed by atoms with van der Waals surface area (Å²) in [6, 6.07) is 6.91. The fourth-order valence-corrected chi connectivity index (χ4v) is 3.23. The molecule has 0 radical (unpaired) electrons. The second kappa shape index (κ2) is 8.05. The van der Waals surface area contributed by atoms with E-state index in [0.717, 1.165) is 6.42 Å². The van der Waals surface area contributed by atoms with Gasteiger partial charge in [-0.2, -0.15) is 10.1 Å². The van der Waals surface area contributed by atoms with Crippen molar-refractivity contribution >= 4 is 23.0 Å². The van der Waals surface area contributed by atoms with Crippen LogP contribution in [0.25, 0.3) is 11.0 Å². The van der Waals surface area contributed by atoms with E-state index in [1.807, 2.05) is 13.8 Å². The molecule has 3 aromatic rings. The van der Waals surface area contributed by atoms with Gasteiger partial charge in [-0.25, -0.2) is 14.2 Å². The summed E-state index contributed by atoms with van der Waals surface area (Å²) in [6.07, 6.45) is 2.40. The van der Waals surface area contributed by atoms with Crippen LogP contribution < -0.4 is 21.4 Å². The molecule has 160 valence electrons. The molecule has 3 rings (SSSR count). The minimum absolute atomic E-state index is 0.0298. The highest BCUT2D eigenvalue weighted by atomic mass is 16.5. The molecule has 0 aliphatic rings. The molecule has 0 spiro atoms. The van der Waals surface area contributed by atoms with Crippen LogP contribution in [-0.2, 0) is 10.3 Å². The molecule has 0 fully saturated rings. The second-order valence-corrected chi connectivity index (χ2v) is 7.14. The highest BCUT2D eigenvalue weighted by Gasteiger charge is 2.40. The number of carboxylic acids is 1. The van der Waals surface area contributed by atoms with Crippen molar-refractivity contribution in [2.75, 3.05) is 25.3 Å². The van der Waals surface area contributed by atoms with E-state index in [2.05, 4.69) is 15.5 Å². The van der Waals surface area contributed by atoms with Crippen molar-refractivity contribution in [3.05, 3.63) is 41.5 Å². The molecule has 0 amide bonds. The molecule has 1 aromatic carbocycles. The predicted octanol–water partition coefficient (Wildman–Crippen LogP) is 1.54. The predicted molar refractivity (Wildman–Crippen MR) is 114 cm³/mol. The molecule has 10 heteroatoms. The Bertz CT molecular complexity index is 1150. The van der Waals surface area contributed by atoms with Gasteiger partial charge in [-0.1, -0.05) is 19.1 Å². The summed E-state index contributed by atoms with van der Waals surface area (Å²) in [5.41, 5.74) is 8.95. The van der Waals surface area contributed by atoms with Crippen LogP contribution in [0.4, 0.5) is 5.95 Å². The summed E-state index contributed by atoms with van der Waals surface area (Å²) in [7, 11) is 3.24. The number of methoxy groups -OCH3 is 1. The zero-order valence-corrected chi connectivity index (χ0v) is 17.7. The van der Waals surface area contributed by atoms with Gasteiger partial charge in [-0.3, -0.25) is 4.99 Å². The Hall–Kier alpha value is -3.56. The van der Waals surface area contributed by atoms with E-state index in [0.29, 0.717) is 27.8 Å². The zero-order chi connectivity index (χ0) is 22.1. The van der Waals surface area contributed by atoms with Crippen molar-refractivity contribution in [1.29, 1.82) is 0 Å². The number of nitrogens with two attached hydrogens (primary N) is 1. The molecule has 4 N–H and O–H groups in total. The first-order chi connectivity index (χ1) is 14.3. The Balaban J connectivity index is 2.37.